The van der Waals surface area contributed by atoms with E-state index >= 15 is 0 Å². The standard InChI is InChI=1S/C36H67N3O11/c1-3-38-27(23(17-34(44)45)12-22-8-10-39-33(37)14-22)19-48-32-16-24(15-31(47-2)35(32)46)36-26(9-11-40)29(43)18-25(50-36)6-4-21-5-7-28(42)30(13-21)49-20-41/h21-33,35-36,38-43,46H,3-20,37H2,1-2H3,(H,44,45)/t21?,22?,23-,24?,25-,26-,27+,28?,29-,30?,31?,32?,33?,35?,36-/m0/s1. The van der Waals surface area contributed by atoms with Crippen molar-refractivity contribution in [3.8, 4) is 0 Å². The molecule has 0 bridgehead atoms. The van der Waals surface area contributed by atoms with Crippen LogP contribution in [0.3, 0.4) is 0 Å². The summed E-state index contributed by atoms with van der Waals surface area (Å²) in [7, 11) is 1.57. The molecule has 2 heterocycles. The molecule has 15 atom stereocenters. The molecule has 10 N–H and O–H groups in total. The van der Waals surface area contributed by atoms with E-state index in [2.05, 4.69) is 10.6 Å². The minimum absolute atomic E-state index is 0.00528. The number of aliphatic carboxylic acids is 1. The lowest BCUT2D eigenvalue weighted by atomic mass is 9.72. The van der Waals surface area contributed by atoms with Crippen molar-refractivity contribution in [1.29, 1.82) is 0 Å². The number of rotatable bonds is 19. The molecule has 2 saturated heterocycles. The predicted octanol–water partition coefficient (Wildman–Crippen LogP) is 0.694. The third-order valence-electron chi connectivity index (χ3n) is 12.0. The first-order valence-electron chi connectivity index (χ1n) is 19.2. The number of hydrogen-bond acceptors (Lipinski definition) is 13. The van der Waals surface area contributed by atoms with Gasteiger partial charge in [-0.3, -0.25) is 4.79 Å². The molecule has 4 fully saturated rings. The summed E-state index contributed by atoms with van der Waals surface area (Å²) in [5, 5.41) is 68.7. The van der Waals surface area contributed by atoms with Gasteiger partial charge in [-0.15, -0.1) is 0 Å². The number of carbonyl (C=O) groups is 1. The Bertz CT molecular complexity index is 984. The van der Waals surface area contributed by atoms with E-state index in [-0.39, 0.29) is 67.9 Å². The highest BCUT2D eigenvalue weighted by atomic mass is 16.6. The highest BCUT2D eigenvalue weighted by Gasteiger charge is 2.47. The Morgan fingerprint density at radius 2 is 1.72 bits per heavy atom. The van der Waals surface area contributed by atoms with Gasteiger partial charge in [-0.05, 0) is 114 Å². The Hall–Kier alpha value is -1.01. The molecule has 14 heteroatoms. The zero-order chi connectivity index (χ0) is 36.2. The van der Waals surface area contributed by atoms with Gasteiger partial charge in [-0.25, -0.2) is 0 Å². The van der Waals surface area contributed by atoms with Crippen molar-refractivity contribution in [1.82, 2.24) is 10.6 Å². The van der Waals surface area contributed by atoms with Crippen molar-refractivity contribution >= 4 is 5.97 Å². The minimum atomic E-state index is -0.893. The lowest BCUT2D eigenvalue weighted by Gasteiger charge is -2.48. The van der Waals surface area contributed by atoms with Gasteiger partial charge in [0.15, 0.2) is 0 Å². The van der Waals surface area contributed by atoms with Crippen molar-refractivity contribution in [3.63, 3.8) is 0 Å². The molecule has 14 nitrogen and oxygen atoms in total. The molecule has 0 aromatic heterocycles. The summed E-state index contributed by atoms with van der Waals surface area (Å²) in [5.74, 6) is -0.811. The maximum atomic E-state index is 12.0. The second-order valence-corrected chi connectivity index (χ2v) is 15.4. The number of carboxylic acids is 1. The van der Waals surface area contributed by atoms with Gasteiger partial charge >= 0.3 is 5.97 Å². The fraction of sp³-hybridized carbons (Fsp3) is 0.972. The Labute approximate surface area is 297 Å². The third-order valence-corrected chi connectivity index (χ3v) is 12.0. The van der Waals surface area contributed by atoms with E-state index in [0.29, 0.717) is 63.3 Å². The van der Waals surface area contributed by atoms with E-state index in [4.69, 9.17) is 24.7 Å². The normalized spacial score (nSPS) is 39.6. The van der Waals surface area contributed by atoms with Gasteiger partial charge in [0.05, 0.1) is 55.5 Å². The van der Waals surface area contributed by atoms with Crippen LogP contribution >= 0.6 is 0 Å². The summed E-state index contributed by atoms with van der Waals surface area (Å²) in [4.78, 5) is 12.0. The highest BCUT2D eigenvalue weighted by Crippen LogP contribution is 2.42. The summed E-state index contributed by atoms with van der Waals surface area (Å²) < 4.78 is 24.4. The second kappa shape index (κ2) is 21.0. The third kappa shape index (κ3) is 12.0. The Kier molecular flexibility index (Phi) is 17.6. The fourth-order valence-corrected chi connectivity index (χ4v) is 9.37. The molecule has 9 unspecified atom stereocenters. The summed E-state index contributed by atoms with van der Waals surface area (Å²) in [6.45, 7) is 3.16. The van der Waals surface area contributed by atoms with E-state index in [1.165, 1.54) is 0 Å². The first-order valence-corrected chi connectivity index (χ1v) is 19.2. The van der Waals surface area contributed by atoms with Crippen molar-refractivity contribution < 1.29 is 54.4 Å². The van der Waals surface area contributed by atoms with Crippen LogP contribution in [0.15, 0.2) is 0 Å². The lowest BCUT2D eigenvalue weighted by molar-refractivity contribution is -0.199. The summed E-state index contributed by atoms with van der Waals surface area (Å²) in [6.07, 6.45) is 3.71. The fourth-order valence-electron chi connectivity index (χ4n) is 9.37. The van der Waals surface area contributed by atoms with Gasteiger partial charge in [-0.1, -0.05) is 6.92 Å². The first kappa shape index (κ1) is 41.7. The Morgan fingerprint density at radius 3 is 2.40 bits per heavy atom. The number of aliphatic hydroxyl groups excluding tert-OH is 5. The minimum Gasteiger partial charge on any atom is -0.481 e. The van der Waals surface area contributed by atoms with Crippen LogP contribution in [0.5, 0.6) is 0 Å². The van der Waals surface area contributed by atoms with Crippen LogP contribution in [-0.4, -0.2) is 138 Å². The van der Waals surface area contributed by atoms with Crippen LogP contribution in [0.25, 0.3) is 0 Å². The molecule has 2 aliphatic heterocycles. The molecule has 0 aromatic carbocycles. The number of nitrogens with two attached hydrogens (primary N) is 1. The average molecular weight is 718 g/mol. The number of carboxylic acid groups (broad SMARTS) is 1. The van der Waals surface area contributed by atoms with Gasteiger partial charge in [0.1, 0.15) is 12.9 Å². The van der Waals surface area contributed by atoms with Crippen molar-refractivity contribution in [2.24, 2.45) is 35.3 Å². The molecule has 0 amide bonds. The lowest BCUT2D eigenvalue weighted by Crippen LogP contribution is -2.55. The number of nitrogens with one attached hydrogen (secondary N) is 2. The Morgan fingerprint density at radius 1 is 0.940 bits per heavy atom. The van der Waals surface area contributed by atoms with Gasteiger partial charge in [-0.2, -0.15) is 0 Å². The predicted molar refractivity (Wildman–Crippen MR) is 185 cm³/mol. The molecule has 0 aromatic rings. The number of ether oxygens (including phenoxy) is 4. The van der Waals surface area contributed by atoms with Gasteiger partial charge in [0, 0.05) is 32.1 Å². The number of methoxy groups -OCH3 is 1. The average Bonchev–Trinajstić information content (AvgIpc) is 3.08. The largest absolute Gasteiger partial charge is 0.481 e. The first-order chi connectivity index (χ1) is 24.1. The van der Waals surface area contributed by atoms with E-state index < -0.39 is 43.3 Å². The van der Waals surface area contributed by atoms with Crippen molar-refractivity contribution in [2.75, 3.05) is 40.2 Å². The van der Waals surface area contributed by atoms with Crippen molar-refractivity contribution in [2.45, 2.75) is 151 Å². The number of likely N-dealkylation sites (N-methyl/N-ethyl adjacent to an activating group) is 1. The highest BCUT2D eigenvalue weighted by molar-refractivity contribution is 5.67. The second-order valence-electron chi connectivity index (χ2n) is 15.4. The van der Waals surface area contributed by atoms with Crippen LogP contribution in [0.1, 0.15) is 90.4 Å². The maximum absolute atomic E-state index is 12.0. The smallest absolute Gasteiger partial charge is 0.303 e. The maximum Gasteiger partial charge on any atom is 0.303 e. The number of piperidine rings is 1. The van der Waals surface area contributed by atoms with Crippen molar-refractivity contribution in [3.05, 3.63) is 0 Å². The molecule has 4 aliphatic rings. The molecular weight excluding hydrogens is 650 g/mol. The van der Waals surface area contributed by atoms with Crippen LogP contribution in [0.2, 0.25) is 0 Å². The van der Waals surface area contributed by atoms with E-state index in [9.17, 15) is 35.4 Å². The van der Waals surface area contributed by atoms with Crippen LogP contribution in [-0.2, 0) is 23.7 Å². The molecular formula is C36H67N3O11. The summed E-state index contributed by atoms with van der Waals surface area (Å²) in [6, 6.07) is -0.238. The van der Waals surface area contributed by atoms with Gasteiger partial charge < -0.3 is 66.0 Å². The quantitative estimate of drug-likeness (QED) is 0.0839. The van der Waals surface area contributed by atoms with Crippen LogP contribution in [0.4, 0.5) is 0 Å². The van der Waals surface area contributed by atoms with Gasteiger partial charge in [0.2, 0.25) is 0 Å². The molecule has 2 saturated carbocycles. The number of hydrogen-bond donors (Lipinski definition) is 9. The topological polar surface area (TPSA) is 225 Å². The number of aliphatic hydroxyl groups is 5. The van der Waals surface area contributed by atoms with Crippen LogP contribution < -0.4 is 16.4 Å². The van der Waals surface area contributed by atoms with E-state index in [0.717, 1.165) is 38.6 Å². The molecule has 2 aliphatic carbocycles. The monoisotopic (exact) mass is 717 g/mol. The Balaban J connectivity index is 1.43. The van der Waals surface area contributed by atoms with Gasteiger partial charge in [0.25, 0.3) is 0 Å². The summed E-state index contributed by atoms with van der Waals surface area (Å²) >= 11 is 0. The zero-order valence-corrected chi connectivity index (χ0v) is 30.2. The van der Waals surface area contributed by atoms with E-state index in [1.807, 2.05) is 6.92 Å². The van der Waals surface area contributed by atoms with E-state index in [1.54, 1.807) is 7.11 Å². The SMILES string of the molecule is CCN[C@H](COC1CC([C@@H]2O[C@@H](CCC3CCC(O)C(OCO)C3)C[C@H](O)[C@@H]2CCO)CC(OC)C1O)[C@H](CC(=O)O)CC1CCNC(N)C1. The molecule has 50 heavy (non-hydrogen) atoms. The molecule has 292 valence electrons. The molecule has 4 rings (SSSR count). The molecule has 0 radical (unpaired) electrons. The zero-order valence-electron chi connectivity index (χ0n) is 30.2. The van der Waals surface area contributed by atoms with Crippen LogP contribution in [0, 0.1) is 29.6 Å². The molecule has 0 spiro atoms. The summed E-state index contributed by atoms with van der Waals surface area (Å²) in [5.41, 5.74) is 6.16.